The molecule has 0 radical (unpaired) electrons. The first kappa shape index (κ1) is 22.4. The van der Waals surface area contributed by atoms with Crippen molar-refractivity contribution >= 4 is 22.1 Å². The predicted molar refractivity (Wildman–Crippen MR) is 112 cm³/mol. The molecule has 0 atom stereocenters. The van der Waals surface area contributed by atoms with E-state index >= 15 is 0 Å². The van der Waals surface area contributed by atoms with E-state index in [2.05, 4.69) is 10.5 Å². The third-order valence-corrected chi connectivity index (χ3v) is 5.36. The molecule has 2 aromatic rings. The van der Waals surface area contributed by atoms with Crippen LogP contribution in [0.5, 0.6) is 11.5 Å². The predicted octanol–water partition coefficient (Wildman–Crippen LogP) is 1.66. The third-order valence-electron chi connectivity index (χ3n) is 4.12. The van der Waals surface area contributed by atoms with Crippen LogP contribution in [0.3, 0.4) is 0 Å². The van der Waals surface area contributed by atoms with Crippen LogP contribution < -0.4 is 14.9 Å². The Morgan fingerprint density at radius 2 is 1.86 bits per heavy atom. The highest BCUT2D eigenvalue weighted by atomic mass is 32.2. The molecule has 0 aliphatic carbocycles. The number of hydrogen-bond donors (Lipinski definition) is 1. The van der Waals surface area contributed by atoms with Gasteiger partial charge < -0.3 is 9.47 Å². The zero-order chi connectivity index (χ0) is 21.3. The Kier molecular flexibility index (Phi) is 8.17. The molecule has 1 N–H and O–H groups in total. The molecule has 0 fully saturated rings. The number of methoxy groups -OCH3 is 2. The first-order chi connectivity index (χ1) is 13.8. The molecule has 2 aromatic carbocycles. The molecule has 0 bridgehead atoms. The molecular weight excluding hydrogens is 394 g/mol. The molecule has 0 saturated carbocycles. The number of benzene rings is 2. The summed E-state index contributed by atoms with van der Waals surface area (Å²) in [6.07, 6.45) is 3.01. The monoisotopic (exact) mass is 419 g/mol. The van der Waals surface area contributed by atoms with E-state index in [0.717, 1.165) is 16.1 Å². The molecule has 29 heavy (non-hydrogen) atoms. The molecule has 0 aliphatic rings. The van der Waals surface area contributed by atoms with E-state index in [0.29, 0.717) is 23.5 Å². The Hall–Kier alpha value is -2.91. The van der Waals surface area contributed by atoms with Crippen molar-refractivity contribution < 1.29 is 22.7 Å². The van der Waals surface area contributed by atoms with E-state index in [1.807, 2.05) is 30.3 Å². The minimum Gasteiger partial charge on any atom is -0.497 e. The molecule has 0 spiro atoms. The van der Waals surface area contributed by atoms with E-state index in [1.54, 1.807) is 25.3 Å². The summed E-state index contributed by atoms with van der Waals surface area (Å²) in [6.45, 7) is -0.116. The number of hydrogen-bond acceptors (Lipinski definition) is 6. The Morgan fingerprint density at radius 1 is 1.14 bits per heavy atom. The summed E-state index contributed by atoms with van der Waals surface area (Å²) in [4.78, 5) is 12.2. The molecule has 0 heterocycles. The number of nitrogens with one attached hydrogen (secondary N) is 1. The normalized spacial score (nSPS) is 11.6. The maximum atomic E-state index is 12.2. The number of hydrazone groups is 1. The van der Waals surface area contributed by atoms with Gasteiger partial charge in [-0.1, -0.05) is 30.3 Å². The summed E-state index contributed by atoms with van der Waals surface area (Å²) in [6, 6.07) is 14.6. The summed E-state index contributed by atoms with van der Waals surface area (Å²) >= 11 is 0. The van der Waals surface area contributed by atoms with Crippen LogP contribution >= 0.6 is 0 Å². The molecule has 9 heteroatoms. The van der Waals surface area contributed by atoms with Crippen molar-refractivity contribution in [2.24, 2.45) is 5.10 Å². The van der Waals surface area contributed by atoms with Crippen LogP contribution in [0, 0.1) is 0 Å². The largest absolute Gasteiger partial charge is 0.497 e. The summed E-state index contributed by atoms with van der Waals surface area (Å²) < 4.78 is 35.5. The van der Waals surface area contributed by atoms with Crippen molar-refractivity contribution in [2.45, 2.75) is 6.42 Å². The molecule has 156 valence electrons. The molecule has 0 unspecified atom stereocenters. The van der Waals surface area contributed by atoms with Crippen LogP contribution in [0.2, 0.25) is 0 Å². The van der Waals surface area contributed by atoms with Gasteiger partial charge in [-0.2, -0.15) is 9.41 Å². The van der Waals surface area contributed by atoms with E-state index in [1.165, 1.54) is 13.3 Å². The Labute approximate surface area is 171 Å². The Balaban J connectivity index is 1.97. The molecule has 0 aliphatic heterocycles. The van der Waals surface area contributed by atoms with Crippen molar-refractivity contribution in [1.29, 1.82) is 0 Å². The van der Waals surface area contributed by atoms with Gasteiger partial charge in [0.05, 0.1) is 33.2 Å². The van der Waals surface area contributed by atoms with Crippen LogP contribution in [0.15, 0.2) is 53.6 Å². The zero-order valence-corrected chi connectivity index (χ0v) is 17.5. The third kappa shape index (κ3) is 7.20. The first-order valence-corrected chi connectivity index (χ1v) is 10.7. The number of ether oxygens (including phenoxy) is 2. The number of sulfonamides is 1. The Bertz CT molecular complexity index is 946. The van der Waals surface area contributed by atoms with Gasteiger partial charge >= 0.3 is 0 Å². The molecule has 2 rings (SSSR count). The van der Waals surface area contributed by atoms with E-state index in [9.17, 15) is 13.2 Å². The average molecular weight is 420 g/mol. The minimum absolute atomic E-state index is 0.201. The number of carbonyl (C=O) groups is 1. The maximum absolute atomic E-state index is 12.2. The highest BCUT2D eigenvalue weighted by Crippen LogP contribution is 2.22. The van der Waals surface area contributed by atoms with Gasteiger partial charge in [-0.15, -0.1) is 0 Å². The fourth-order valence-corrected chi connectivity index (χ4v) is 3.33. The summed E-state index contributed by atoms with van der Waals surface area (Å²) in [5, 5.41) is 3.89. The van der Waals surface area contributed by atoms with Crippen molar-refractivity contribution in [3.63, 3.8) is 0 Å². The molecular formula is C20H25N3O5S. The standard InChI is InChI=1S/C20H25N3O5S/c1-27-18-10-9-17(19(13-18)28-2)14-21-22-20(24)15-23(29(3,25)26)12-11-16-7-5-4-6-8-16/h4-10,13-14H,11-12,15H2,1-3H3,(H,22,24). The van der Waals surface area contributed by atoms with Crippen LogP contribution in [-0.4, -0.2) is 58.4 Å². The van der Waals surface area contributed by atoms with E-state index in [-0.39, 0.29) is 13.1 Å². The van der Waals surface area contributed by atoms with Gasteiger partial charge in [0.2, 0.25) is 10.0 Å². The summed E-state index contributed by atoms with van der Waals surface area (Å²) in [7, 11) is -0.474. The average Bonchev–Trinajstić information content (AvgIpc) is 2.71. The lowest BCUT2D eigenvalue weighted by atomic mass is 10.1. The van der Waals surface area contributed by atoms with Crippen LogP contribution in [0.4, 0.5) is 0 Å². The van der Waals surface area contributed by atoms with Gasteiger partial charge in [0.1, 0.15) is 11.5 Å². The van der Waals surface area contributed by atoms with Crippen LogP contribution in [0.1, 0.15) is 11.1 Å². The van der Waals surface area contributed by atoms with Crippen LogP contribution in [-0.2, 0) is 21.2 Å². The number of carbonyl (C=O) groups excluding carboxylic acids is 1. The lowest BCUT2D eigenvalue weighted by Gasteiger charge is -2.18. The first-order valence-electron chi connectivity index (χ1n) is 8.86. The van der Waals surface area contributed by atoms with E-state index < -0.39 is 15.9 Å². The summed E-state index contributed by atoms with van der Waals surface area (Å²) in [5.41, 5.74) is 3.98. The van der Waals surface area contributed by atoms with Gasteiger partial charge in [-0.05, 0) is 24.1 Å². The number of amides is 1. The second-order valence-electron chi connectivity index (χ2n) is 6.23. The lowest BCUT2D eigenvalue weighted by molar-refractivity contribution is -0.121. The van der Waals surface area contributed by atoms with Gasteiger partial charge in [0, 0.05) is 18.2 Å². The zero-order valence-electron chi connectivity index (χ0n) is 16.7. The van der Waals surface area contributed by atoms with E-state index in [4.69, 9.17) is 9.47 Å². The lowest BCUT2D eigenvalue weighted by Crippen LogP contribution is -2.40. The SMILES string of the molecule is COc1ccc(C=NNC(=O)CN(CCc2ccccc2)S(C)(=O)=O)c(OC)c1. The summed E-state index contributed by atoms with van der Waals surface area (Å²) in [5.74, 6) is 0.625. The van der Waals surface area contributed by atoms with Gasteiger partial charge in [0.25, 0.3) is 5.91 Å². The fourth-order valence-electron chi connectivity index (χ4n) is 2.56. The van der Waals surface area contributed by atoms with Crippen molar-refractivity contribution in [3.05, 3.63) is 59.7 Å². The molecule has 1 amide bonds. The molecule has 0 aromatic heterocycles. The van der Waals surface area contributed by atoms with Crippen LogP contribution in [0.25, 0.3) is 0 Å². The topological polar surface area (TPSA) is 97.3 Å². The second-order valence-corrected chi connectivity index (χ2v) is 8.22. The fraction of sp³-hybridized carbons (Fsp3) is 0.300. The smallest absolute Gasteiger partial charge is 0.255 e. The number of nitrogens with zero attached hydrogens (tertiary/aromatic N) is 2. The number of rotatable bonds is 10. The van der Waals surface area contributed by atoms with Gasteiger partial charge in [-0.25, -0.2) is 13.8 Å². The van der Waals surface area contributed by atoms with Crippen molar-refractivity contribution in [2.75, 3.05) is 33.6 Å². The van der Waals surface area contributed by atoms with Gasteiger partial charge in [0.15, 0.2) is 0 Å². The molecule has 0 saturated heterocycles. The second kappa shape index (κ2) is 10.6. The Morgan fingerprint density at radius 3 is 2.48 bits per heavy atom. The highest BCUT2D eigenvalue weighted by molar-refractivity contribution is 7.88. The molecule has 8 nitrogen and oxygen atoms in total. The highest BCUT2D eigenvalue weighted by Gasteiger charge is 2.19. The maximum Gasteiger partial charge on any atom is 0.255 e. The van der Waals surface area contributed by atoms with Gasteiger partial charge in [-0.3, -0.25) is 4.79 Å². The van der Waals surface area contributed by atoms with Crippen molar-refractivity contribution in [1.82, 2.24) is 9.73 Å². The quantitative estimate of drug-likeness (QED) is 0.467. The minimum atomic E-state index is -3.54. The van der Waals surface area contributed by atoms with Crippen molar-refractivity contribution in [3.8, 4) is 11.5 Å².